The third kappa shape index (κ3) is 34.1. The predicted octanol–water partition coefficient (Wildman–Crippen LogP) is 12.2. The van der Waals surface area contributed by atoms with Crippen molar-refractivity contribution in [3.05, 3.63) is 71.8 Å². The second kappa shape index (κ2) is 30.9. The molecular formula is C48H78Cl2N2O11. The Labute approximate surface area is 388 Å². The largest absolute Gasteiger partial charge is 0.519 e. The Hall–Kier alpha value is -4.07. The van der Waals surface area contributed by atoms with Crippen LogP contribution in [0.5, 0.6) is 0 Å². The van der Waals surface area contributed by atoms with Gasteiger partial charge in [0, 0.05) is 19.6 Å². The molecule has 1 amide bonds. The average molecular weight is 930 g/mol. The Morgan fingerprint density at radius 3 is 1.32 bits per heavy atom. The van der Waals surface area contributed by atoms with Crippen LogP contribution in [0.4, 0.5) is 14.4 Å². The minimum Gasteiger partial charge on any atom is -0.469 e. The Kier molecular flexibility index (Phi) is 29.9. The SMILES string of the molecule is CC(C)(C)OC(=O)OC(=O)OC(C)(C)C.COC(=O)C(C)(C)CCCCN(Cc1ccccc1)C(=O)OC(C)(C)C.COC(=O)C(C)(C)CCCCNCc1ccccc1.ClCCl. The van der Waals surface area contributed by atoms with Gasteiger partial charge in [0.15, 0.2) is 0 Å². The highest BCUT2D eigenvalue weighted by Crippen LogP contribution is 2.26. The van der Waals surface area contributed by atoms with E-state index in [9.17, 15) is 24.0 Å². The topological polar surface area (TPSA) is 156 Å². The number of ether oxygens (including phenoxy) is 6. The van der Waals surface area contributed by atoms with Gasteiger partial charge in [0.2, 0.25) is 0 Å². The maximum Gasteiger partial charge on any atom is 0.519 e. The van der Waals surface area contributed by atoms with E-state index in [2.05, 4.69) is 34.3 Å². The third-order valence-corrected chi connectivity index (χ3v) is 8.35. The first kappa shape index (κ1) is 61.0. The highest BCUT2D eigenvalue weighted by atomic mass is 35.5. The van der Waals surface area contributed by atoms with E-state index in [4.69, 9.17) is 46.9 Å². The van der Waals surface area contributed by atoms with Crippen LogP contribution in [0.25, 0.3) is 0 Å². The van der Waals surface area contributed by atoms with Crippen LogP contribution in [0.3, 0.4) is 0 Å². The van der Waals surface area contributed by atoms with Gasteiger partial charge >= 0.3 is 30.3 Å². The molecule has 13 nitrogen and oxygen atoms in total. The number of unbranched alkanes of at least 4 members (excludes halogenated alkanes) is 2. The van der Waals surface area contributed by atoms with Gasteiger partial charge < -0.3 is 38.6 Å². The van der Waals surface area contributed by atoms with Crippen molar-refractivity contribution in [1.82, 2.24) is 10.2 Å². The number of nitrogens with zero attached hydrogens (tertiary/aromatic N) is 1. The summed E-state index contributed by atoms with van der Waals surface area (Å²) in [5, 5.41) is 3.61. The maximum absolute atomic E-state index is 12.5. The number of carbonyl (C=O) groups is 5. The monoisotopic (exact) mass is 928 g/mol. The van der Waals surface area contributed by atoms with Crippen LogP contribution in [0, 0.1) is 10.8 Å². The summed E-state index contributed by atoms with van der Waals surface area (Å²) in [7, 11) is 2.86. The zero-order valence-electron chi connectivity index (χ0n) is 40.7. The molecule has 0 aromatic heterocycles. The molecule has 0 aliphatic heterocycles. The maximum atomic E-state index is 12.5. The summed E-state index contributed by atoms with van der Waals surface area (Å²) in [6.45, 7) is 26.2. The van der Waals surface area contributed by atoms with Gasteiger partial charge in [-0.2, -0.15) is 0 Å². The molecule has 0 bridgehead atoms. The zero-order valence-corrected chi connectivity index (χ0v) is 42.3. The molecule has 0 saturated carbocycles. The second-order valence-corrected chi connectivity index (χ2v) is 19.7. The summed E-state index contributed by atoms with van der Waals surface area (Å²) in [4.78, 5) is 59.5. The van der Waals surface area contributed by atoms with E-state index in [0.29, 0.717) is 19.5 Å². The molecule has 0 unspecified atom stereocenters. The van der Waals surface area contributed by atoms with Gasteiger partial charge in [-0.1, -0.05) is 73.5 Å². The molecule has 0 aliphatic carbocycles. The lowest BCUT2D eigenvalue weighted by Gasteiger charge is -2.28. The van der Waals surface area contributed by atoms with Gasteiger partial charge in [0.1, 0.15) is 16.8 Å². The van der Waals surface area contributed by atoms with Crippen LogP contribution < -0.4 is 5.32 Å². The molecular weight excluding hydrogens is 851 g/mol. The first-order valence-electron chi connectivity index (χ1n) is 21.2. The lowest BCUT2D eigenvalue weighted by Crippen LogP contribution is -2.37. The normalized spacial score (nSPS) is 11.4. The highest BCUT2D eigenvalue weighted by Gasteiger charge is 2.29. The van der Waals surface area contributed by atoms with E-state index >= 15 is 0 Å². The summed E-state index contributed by atoms with van der Waals surface area (Å²) in [5.74, 6) is -0.324. The van der Waals surface area contributed by atoms with Gasteiger partial charge in [-0.05, 0) is 133 Å². The summed E-state index contributed by atoms with van der Waals surface area (Å²) >= 11 is 9.53. The summed E-state index contributed by atoms with van der Waals surface area (Å²) in [5.41, 5.74) is -0.429. The van der Waals surface area contributed by atoms with Crippen molar-refractivity contribution in [3.63, 3.8) is 0 Å². The molecule has 0 heterocycles. The number of methoxy groups -OCH3 is 2. The first-order valence-corrected chi connectivity index (χ1v) is 22.3. The fraction of sp³-hybridized carbons (Fsp3) is 0.646. The molecule has 2 aromatic carbocycles. The number of benzene rings is 2. The molecule has 0 saturated heterocycles. The number of halogens is 2. The molecule has 0 fully saturated rings. The number of alkyl halides is 2. The number of hydrogen-bond donors (Lipinski definition) is 1. The standard InChI is InChI=1S/C21H33NO4.C16H25NO2.C10H18O5.CH2Cl2/c1-20(2,3)26-19(24)22(16-17-12-8-7-9-13-17)15-11-10-14-21(4,5)18(23)25-6;1-16(2,15(18)19-3)11-7-8-12-17-13-14-9-5-4-6-10-14;1-9(2,3)14-7(11)13-8(12)15-10(4,5)6;2-1-3/h7-9,12-13H,10-11,14-16H2,1-6H3;4-6,9-10,17H,7-8,11-13H2,1-3H3;1-6H3;1H2. The Morgan fingerprint density at radius 2 is 0.937 bits per heavy atom. The van der Waals surface area contributed by atoms with Crippen molar-refractivity contribution in [2.75, 3.05) is 32.6 Å². The van der Waals surface area contributed by atoms with Crippen molar-refractivity contribution in [3.8, 4) is 0 Å². The Balaban J connectivity index is 0. The van der Waals surface area contributed by atoms with E-state index < -0.39 is 34.5 Å². The van der Waals surface area contributed by atoms with Crippen LogP contribution in [-0.2, 0) is 51.1 Å². The van der Waals surface area contributed by atoms with Crippen LogP contribution in [-0.4, -0.2) is 84.7 Å². The molecule has 0 atom stereocenters. The van der Waals surface area contributed by atoms with Crippen molar-refractivity contribution in [2.45, 2.75) is 158 Å². The fourth-order valence-electron chi connectivity index (χ4n) is 5.25. The number of esters is 2. The smallest absolute Gasteiger partial charge is 0.469 e. The van der Waals surface area contributed by atoms with Gasteiger partial charge in [0.05, 0.1) is 30.4 Å². The number of rotatable bonds is 16. The Bertz CT molecular complexity index is 1560. The van der Waals surface area contributed by atoms with Gasteiger partial charge in [0.25, 0.3) is 0 Å². The molecule has 63 heavy (non-hydrogen) atoms. The lowest BCUT2D eigenvalue weighted by atomic mass is 9.87. The van der Waals surface area contributed by atoms with E-state index in [1.807, 2.05) is 84.9 Å². The predicted molar refractivity (Wildman–Crippen MR) is 251 cm³/mol. The van der Waals surface area contributed by atoms with Crippen molar-refractivity contribution in [1.29, 1.82) is 0 Å². The molecule has 0 spiro atoms. The van der Waals surface area contributed by atoms with Crippen LogP contribution in [0.1, 0.15) is 140 Å². The van der Waals surface area contributed by atoms with Crippen molar-refractivity contribution >= 4 is 53.5 Å². The molecule has 1 N–H and O–H groups in total. The minimum atomic E-state index is -1.06. The number of hydrogen-bond acceptors (Lipinski definition) is 12. The fourth-order valence-corrected chi connectivity index (χ4v) is 5.25. The van der Waals surface area contributed by atoms with E-state index in [1.54, 1.807) is 46.4 Å². The summed E-state index contributed by atoms with van der Waals surface area (Å²) < 4.78 is 29.0. The zero-order chi connectivity index (χ0) is 48.9. The minimum absolute atomic E-state index is 0.121. The molecule has 0 aliphatic rings. The van der Waals surface area contributed by atoms with Crippen molar-refractivity contribution in [2.24, 2.45) is 10.8 Å². The number of carbonyl (C=O) groups excluding carboxylic acids is 5. The summed E-state index contributed by atoms with van der Waals surface area (Å²) in [6, 6.07) is 20.2. The van der Waals surface area contributed by atoms with Crippen LogP contribution in [0.15, 0.2) is 60.7 Å². The van der Waals surface area contributed by atoms with E-state index in [1.165, 1.54) is 19.8 Å². The molecule has 0 radical (unpaired) electrons. The summed E-state index contributed by atoms with van der Waals surface area (Å²) in [6.07, 6.45) is 2.89. The number of amides is 1. The average Bonchev–Trinajstić information content (AvgIpc) is 3.16. The van der Waals surface area contributed by atoms with E-state index in [-0.39, 0.29) is 28.8 Å². The van der Waals surface area contributed by atoms with Crippen molar-refractivity contribution < 1.29 is 52.4 Å². The van der Waals surface area contributed by atoms with Crippen LogP contribution >= 0.6 is 23.2 Å². The van der Waals surface area contributed by atoms with Gasteiger partial charge in [-0.15, -0.1) is 23.2 Å². The molecule has 15 heteroatoms. The highest BCUT2D eigenvalue weighted by molar-refractivity contribution is 6.40. The number of nitrogens with one attached hydrogen (secondary N) is 1. The lowest BCUT2D eigenvalue weighted by molar-refractivity contribution is -0.151. The Morgan fingerprint density at radius 1 is 0.556 bits per heavy atom. The van der Waals surface area contributed by atoms with Gasteiger partial charge in [-0.25, -0.2) is 14.4 Å². The van der Waals surface area contributed by atoms with Crippen LogP contribution in [0.2, 0.25) is 0 Å². The molecule has 2 aromatic rings. The molecule has 2 rings (SSSR count). The van der Waals surface area contributed by atoms with E-state index in [0.717, 1.165) is 50.8 Å². The first-order chi connectivity index (χ1) is 29.0. The molecule has 360 valence electrons. The quantitative estimate of drug-likeness (QED) is 0.0560. The third-order valence-electron chi connectivity index (χ3n) is 8.35. The van der Waals surface area contributed by atoms with Gasteiger partial charge in [-0.3, -0.25) is 9.59 Å². The second-order valence-electron chi connectivity index (χ2n) is 18.8.